The molecule has 6 heteroatoms. The highest BCUT2D eigenvalue weighted by atomic mass is 15.3. The number of aryl methyl sites for hydroxylation is 1. The third-order valence-electron chi connectivity index (χ3n) is 5.48. The zero-order chi connectivity index (χ0) is 19.0. The average Bonchev–Trinajstić information content (AvgIpc) is 3.02. The third kappa shape index (κ3) is 3.54. The molecule has 4 rings (SSSR count). The maximum Gasteiger partial charge on any atom is 0.146 e. The highest BCUT2D eigenvalue weighted by molar-refractivity contribution is 5.83. The average molecular weight is 364 g/mol. The number of anilines is 1. The number of hydrogen-bond acceptors (Lipinski definition) is 5. The summed E-state index contributed by atoms with van der Waals surface area (Å²) in [6, 6.07) is 10.6. The number of nitrogens with zero attached hydrogens (tertiary/aromatic N) is 6. The van der Waals surface area contributed by atoms with Crippen LogP contribution in [0, 0.1) is 6.92 Å². The van der Waals surface area contributed by atoms with Gasteiger partial charge in [0.1, 0.15) is 17.5 Å². The van der Waals surface area contributed by atoms with Crippen LogP contribution in [0.25, 0.3) is 10.9 Å². The Bertz CT molecular complexity index is 945. The van der Waals surface area contributed by atoms with Gasteiger partial charge in [-0.2, -0.15) is 0 Å². The predicted octanol–water partition coefficient (Wildman–Crippen LogP) is 3.12. The van der Waals surface area contributed by atoms with E-state index in [0.29, 0.717) is 5.92 Å². The Morgan fingerprint density at radius 1 is 1.19 bits per heavy atom. The van der Waals surface area contributed by atoms with Gasteiger partial charge in [0.05, 0.1) is 12.1 Å². The number of fused-ring (bicyclic) bond motifs is 1. The summed E-state index contributed by atoms with van der Waals surface area (Å²) in [6.45, 7) is 4.97. The van der Waals surface area contributed by atoms with Gasteiger partial charge in [-0.3, -0.25) is 0 Å². The highest BCUT2D eigenvalue weighted by Crippen LogP contribution is 2.30. The maximum atomic E-state index is 4.93. The lowest BCUT2D eigenvalue weighted by Crippen LogP contribution is -2.36. The largest absolute Gasteiger partial charge is 0.356 e. The number of benzene rings is 1. The minimum Gasteiger partial charge on any atom is -0.356 e. The van der Waals surface area contributed by atoms with E-state index in [1.165, 1.54) is 10.9 Å². The molecule has 0 bridgehead atoms. The van der Waals surface area contributed by atoms with Crippen LogP contribution in [-0.2, 0) is 13.6 Å². The molecule has 3 aromatic rings. The van der Waals surface area contributed by atoms with Crippen molar-refractivity contribution in [3.05, 3.63) is 47.5 Å². The van der Waals surface area contributed by atoms with Crippen molar-refractivity contribution < 1.29 is 0 Å². The van der Waals surface area contributed by atoms with Gasteiger partial charge in [-0.25, -0.2) is 4.98 Å². The van der Waals surface area contributed by atoms with Crippen molar-refractivity contribution in [3.8, 4) is 0 Å². The Hall–Kier alpha value is -2.47. The summed E-state index contributed by atoms with van der Waals surface area (Å²) >= 11 is 0. The van der Waals surface area contributed by atoms with Crippen LogP contribution in [0.1, 0.15) is 36.0 Å². The molecule has 0 N–H and O–H groups in total. The smallest absolute Gasteiger partial charge is 0.146 e. The monoisotopic (exact) mass is 364 g/mol. The van der Waals surface area contributed by atoms with Crippen LogP contribution in [0.4, 0.5) is 5.82 Å². The number of hydrogen-bond donors (Lipinski definition) is 0. The van der Waals surface area contributed by atoms with Crippen molar-refractivity contribution in [3.63, 3.8) is 0 Å². The Morgan fingerprint density at radius 2 is 2.00 bits per heavy atom. The molecule has 0 aliphatic carbocycles. The lowest BCUT2D eigenvalue weighted by Gasteiger charge is -2.33. The first-order chi connectivity index (χ1) is 13.0. The van der Waals surface area contributed by atoms with Crippen molar-refractivity contribution in [2.24, 2.45) is 7.05 Å². The van der Waals surface area contributed by atoms with Gasteiger partial charge in [-0.15, -0.1) is 10.2 Å². The molecular weight excluding hydrogens is 336 g/mol. The van der Waals surface area contributed by atoms with Crippen molar-refractivity contribution in [2.45, 2.75) is 32.2 Å². The second-order valence-electron chi connectivity index (χ2n) is 7.87. The summed E-state index contributed by atoms with van der Waals surface area (Å²) in [5.41, 5.74) is 2.35. The molecule has 2 aromatic heterocycles. The van der Waals surface area contributed by atoms with Crippen molar-refractivity contribution in [1.29, 1.82) is 0 Å². The molecule has 1 fully saturated rings. The second kappa shape index (κ2) is 7.27. The zero-order valence-corrected chi connectivity index (χ0v) is 16.7. The summed E-state index contributed by atoms with van der Waals surface area (Å²) in [7, 11) is 6.21. The number of rotatable bonds is 4. The van der Waals surface area contributed by atoms with Crippen molar-refractivity contribution in [2.75, 3.05) is 32.1 Å². The van der Waals surface area contributed by atoms with Crippen LogP contribution in [0.3, 0.4) is 0 Å². The number of para-hydroxylation sites is 1. The van der Waals surface area contributed by atoms with Gasteiger partial charge >= 0.3 is 0 Å². The van der Waals surface area contributed by atoms with E-state index in [2.05, 4.69) is 83.0 Å². The standard InChI is InChI=1S/C21H28N6/c1-15-12-19(22-18-10-6-5-9-17(15)18)27-11-7-8-16(13-27)21-24-23-20(26(21)4)14-25(2)3/h5-6,9-10,12,16H,7-8,11,13-14H2,1-4H3/t16-/m0/s1. The van der Waals surface area contributed by atoms with Crippen LogP contribution in [0.5, 0.6) is 0 Å². The summed E-state index contributed by atoms with van der Waals surface area (Å²) in [6.07, 6.45) is 2.30. The topological polar surface area (TPSA) is 50.1 Å². The predicted molar refractivity (Wildman–Crippen MR) is 109 cm³/mol. The van der Waals surface area contributed by atoms with Crippen LogP contribution < -0.4 is 4.90 Å². The van der Waals surface area contributed by atoms with E-state index in [1.807, 2.05) is 0 Å². The molecule has 6 nitrogen and oxygen atoms in total. The van der Waals surface area contributed by atoms with E-state index in [9.17, 15) is 0 Å². The second-order valence-corrected chi connectivity index (χ2v) is 7.87. The molecule has 3 heterocycles. The fourth-order valence-corrected chi connectivity index (χ4v) is 4.04. The molecule has 27 heavy (non-hydrogen) atoms. The summed E-state index contributed by atoms with van der Waals surface area (Å²) in [5, 5.41) is 10.2. The molecular formula is C21H28N6. The summed E-state index contributed by atoms with van der Waals surface area (Å²) in [4.78, 5) is 9.47. The lowest BCUT2D eigenvalue weighted by atomic mass is 9.97. The fourth-order valence-electron chi connectivity index (χ4n) is 4.04. The van der Waals surface area contributed by atoms with E-state index in [0.717, 1.165) is 55.5 Å². The van der Waals surface area contributed by atoms with Gasteiger partial charge in [0.2, 0.25) is 0 Å². The zero-order valence-electron chi connectivity index (χ0n) is 16.7. The third-order valence-corrected chi connectivity index (χ3v) is 5.48. The summed E-state index contributed by atoms with van der Waals surface area (Å²) < 4.78 is 2.17. The first-order valence-corrected chi connectivity index (χ1v) is 9.67. The van der Waals surface area contributed by atoms with Crippen molar-refractivity contribution >= 4 is 16.7 Å². The first-order valence-electron chi connectivity index (χ1n) is 9.67. The van der Waals surface area contributed by atoms with Gasteiger partial charge in [0.15, 0.2) is 0 Å². The van der Waals surface area contributed by atoms with E-state index in [1.54, 1.807) is 0 Å². The Balaban J connectivity index is 1.59. The van der Waals surface area contributed by atoms with Crippen molar-refractivity contribution in [1.82, 2.24) is 24.6 Å². The van der Waals surface area contributed by atoms with Gasteiger partial charge in [0.25, 0.3) is 0 Å². The first kappa shape index (κ1) is 17.9. The molecule has 1 aliphatic rings. The maximum absolute atomic E-state index is 4.93. The van der Waals surface area contributed by atoms with Crippen LogP contribution in [0.15, 0.2) is 30.3 Å². The molecule has 0 saturated carbocycles. The van der Waals surface area contributed by atoms with E-state index < -0.39 is 0 Å². The number of piperidine rings is 1. The number of aromatic nitrogens is 4. The van der Waals surface area contributed by atoms with E-state index in [4.69, 9.17) is 4.98 Å². The minimum atomic E-state index is 0.390. The SMILES string of the molecule is Cc1cc(N2CCC[C@H](c3nnc(CN(C)C)n3C)C2)nc2ccccc12. The molecule has 0 unspecified atom stereocenters. The molecule has 142 valence electrons. The van der Waals surface area contributed by atoms with Crippen LogP contribution in [0.2, 0.25) is 0 Å². The molecule has 1 aromatic carbocycles. The fraction of sp³-hybridized carbons (Fsp3) is 0.476. The van der Waals surface area contributed by atoms with Gasteiger partial charge in [0, 0.05) is 31.4 Å². The highest BCUT2D eigenvalue weighted by Gasteiger charge is 2.27. The Morgan fingerprint density at radius 3 is 2.81 bits per heavy atom. The molecule has 0 amide bonds. The molecule has 0 radical (unpaired) electrons. The molecule has 1 atom stereocenters. The molecule has 1 saturated heterocycles. The van der Waals surface area contributed by atoms with E-state index in [-0.39, 0.29) is 0 Å². The van der Waals surface area contributed by atoms with Crippen LogP contribution in [-0.4, -0.2) is 51.8 Å². The molecule has 0 spiro atoms. The number of pyridine rings is 1. The normalized spacial score (nSPS) is 17.8. The van der Waals surface area contributed by atoms with E-state index >= 15 is 0 Å². The quantitative estimate of drug-likeness (QED) is 0.712. The Labute approximate surface area is 160 Å². The summed E-state index contributed by atoms with van der Waals surface area (Å²) in [5.74, 6) is 3.58. The Kier molecular flexibility index (Phi) is 4.83. The van der Waals surface area contributed by atoms with Gasteiger partial charge in [-0.05, 0) is 51.6 Å². The molecule has 1 aliphatic heterocycles. The minimum absolute atomic E-state index is 0.390. The van der Waals surface area contributed by atoms with Gasteiger partial charge in [-0.1, -0.05) is 18.2 Å². The van der Waals surface area contributed by atoms with Crippen LogP contribution >= 0.6 is 0 Å². The van der Waals surface area contributed by atoms with Gasteiger partial charge < -0.3 is 14.4 Å². The lowest BCUT2D eigenvalue weighted by molar-refractivity contribution is 0.382.